The lowest BCUT2D eigenvalue weighted by Gasteiger charge is -2.08. The lowest BCUT2D eigenvalue weighted by molar-refractivity contribution is 0.102. The maximum absolute atomic E-state index is 13.4. The smallest absolute Gasteiger partial charge is 0.255 e. The number of rotatable bonds is 3. The van der Waals surface area contributed by atoms with Crippen LogP contribution in [0.5, 0.6) is 0 Å². The van der Waals surface area contributed by atoms with E-state index in [1.165, 1.54) is 18.2 Å². The molecular formula is C13H12ClFN4O. The van der Waals surface area contributed by atoms with Crippen LogP contribution in [0.3, 0.4) is 0 Å². The van der Waals surface area contributed by atoms with E-state index in [0.717, 1.165) is 0 Å². The van der Waals surface area contributed by atoms with Gasteiger partial charge in [-0.05, 0) is 36.8 Å². The van der Waals surface area contributed by atoms with Crippen molar-refractivity contribution in [2.45, 2.75) is 6.92 Å². The fourth-order valence-electron chi connectivity index (χ4n) is 1.58. The number of carbonyl (C=O) groups is 1. The van der Waals surface area contributed by atoms with Crippen LogP contribution < -0.4 is 16.6 Å². The van der Waals surface area contributed by atoms with E-state index in [1.54, 1.807) is 19.1 Å². The maximum Gasteiger partial charge on any atom is 0.255 e. The molecule has 0 saturated heterocycles. The zero-order valence-electron chi connectivity index (χ0n) is 10.6. The fourth-order valence-corrected chi connectivity index (χ4v) is 1.78. The summed E-state index contributed by atoms with van der Waals surface area (Å²) in [6.45, 7) is 1.64. The van der Waals surface area contributed by atoms with Crippen LogP contribution in [-0.4, -0.2) is 10.9 Å². The van der Waals surface area contributed by atoms with Gasteiger partial charge in [0, 0.05) is 11.3 Å². The number of benzene rings is 1. The largest absolute Gasteiger partial charge is 0.322 e. The van der Waals surface area contributed by atoms with Crippen LogP contribution in [0.25, 0.3) is 0 Å². The summed E-state index contributed by atoms with van der Waals surface area (Å²) in [6, 6.07) is 7.27. The minimum absolute atomic E-state index is 0.126. The van der Waals surface area contributed by atoms with Gasteiger partial charge in [-0.15, -0.1) is 0 Å². The van der Waals surface area contributed by atoms with Crippen molar-refractivity contribution in [3.8, 4) is 0 Å². The molecule has 1 amide bonds. The van der Waals surface area contributed by atoms with Crippen LogP contribution in [0.4, 0.5) is 15.9 Å². The second kappa shape index (κ2) is 5.85. The summed E-state index contributed by atoms with van der Waals surface area (Å²) < 4.78 is 13.4. The number of hydrogen-bond acceptors (Lipinski definition) is 4. The molecule has 0 spiro atoms. The van der Waals surface area contributed by atoms with Gasteiger partial charge in [0.15, 0.2) is 0 Å². The van der Waals surface area contributed by atoms with Crippen molar-refractivity contribution in [2.75, 3.05) is 10.7 Å². The molecule has 0 aliphatic carbocycles. The zero-order valence-corrected chi connectivity index (χ0v) is 11.3. The normalized spacial score (nSPS) is 10.2. The molecular weight excluding hydrogens is 283 g/mol. The Morgan fingerprint density at radius 3 is 2.75 bits per heavy atom. The zero-order chi connectivity index (χ0) is 14.7. The van der Waals surface area contributed by atoms with E-state index in [1.807, 2.05) is 0 Å². The number of hydrogen-bond donors (Lipinski definition) is 3. The minimum Gasteiger partial charge on any atom is -0.322 e. The SMILES string of the molecule is Cc1ccc(NC(=O)c2cc(Cl)nc(NN)c2)cc1F. The molecule has 0 saturated carbocycles. The van der Waals surface area contributed by atoms with Gasteiger partial charge in [-0.3, -0.25) is 4.79 Å². The number of nitrogens with one attached hydrogen (secondary N) is 2. The predicted molar refractivity (Wildman–Crippen MR) is 76.1 cm³/mol. The summed E-state index contributed by atoms with van der Waals surface area (Å²) in [7, 11) is 0. The van der Waals surface area contributed by atoms with Gasteiger partial charge in [0.2, 0.25) is 0 Å². The summed E-state index contributed by atoms with van der Waals surface area (Å²) in [4.78, 5) is 15.9. The van der Waals surface area contributed by atoms with Gasteiger partial charge < -0.3 is 10.7 Å². The third-order valence-electron chi connectivity index (χ3n) is 2.63. The number of aryl methyl sites for hydroxylation is 1. The third-order valence-corrected chi connectivity index (χ3v) is 2.83. The van der Waals surface area contributed by atoms with Gasteiger partial charge in [-0.2, -0.15) is 0 Å². The molecule has 1 aromatic heterocycles. The highest BCUT2D eigenvalue weighted by Gasteiger charge is 2.10. The molecule has 1 aromatic carbocycles. The molecule has 0 fully saturated rings. The third kappa shape index (κ3) is 3.23. The highest BCUT2D eigenvalue weighted by atomic mass is 35.5. The molecule has 2 aromatic rings. The molecule has 104 valence electrons. The van der Waals surface area contributed by atoms with Gasteiger partial charge in [0.1, 0.15) is 16.8 Å². The van der Waals surface area contributed by atoms with Crippen LogP contribution >= 0.6 is 11.6 Å². The van der Waals surface area contributed by atoms with Gasteiger partial charge in [0.05, 0.1) is 0 Å². The van der Waals surface area contributed by atoms with E-state index in [9.17, 15) is 9.18 Å². The summed E-state index contributed by atoms with van der Waals surface area (Å²) in [5.74, 6) is 4.66. The summed E-state index contributed by atoms with van der Waals surface area (Å²) in [6.07, 6.45) is 0. The first-order valence-electron chi connectivity index (χ1n) is 5.71. The van der Waals surface area contributed by atoms with E-state index in [2.05, 4.69) is 15.7 Å². The molecule has 4 N–H and O–H groups in total. The topological polar surface area (TPSA) is 80.0 Å². The Morgan fingerprint density at radius 2 is 2.10 bits per heavy atom. The van der Waals surface area contributed by atoms with Crippen LogP contribution in [0, 0.1) is 12.7 Å². The maximum atomic E-state index is 13.4. The number of nitrogens with two attached hydrogens (primary N) is 1. The number of amides is 1. The van der Waals surface area contributed by atoms with E-state index in [4.69, 9.17) is 17.4 Å². The van der Waals surface area contributed by atoms with Gasteiger partial charge in [-0.1, -0.05) is 17.7 Å². The predicted octanol–water partition coefficient (Wildman–Crippen LogP) is 2.72. The number of aromatic nitrogens is 1. The Morgan fingerprint density at radius 1 is 1.35 bits per heavy atom. The number of halogens is 2. The van der Waals surface area contributed by atoms with Crippen LogP contribution in [-0.2, 0) is 0 Å². The summed E-state index contributed by atoms with van der Waals surface area (Å²) >= 11 is 5.78. The molecule has 1 heterocycles. The Balaban J connectivity index is 2.23. The van der Waals surface area contributed by atoms with Crippen molar-refractivity contribution < 1.29 is 9.18 Å². The number of nitrogens with zero attached hydrogens (tertiary/aromatic N) is 1. The van der Waals surface area contributed by atoms with Crippen molar-refractivity contribution in [1.29, 1.82) is 0 Å². The van der Waals surface area contributed by atoms with Crippen LogP contribution in [0.1, 0.15) is 15.9 Å². The molecule has 0 bridgehead atoms. The van der Waals surface area contributed by atoms with Gasteiger partial charge in [-0.25, -0.2) is 15.2 Å². The van der Waals surface area contributed by atoms with E-state index in [0.29, 0.717) is 11.3 Å². The first kappa shape index (κ1) is 14.2. The molecule has 0 aliphatic rings. The summed E-state index contributed by atoms with van der Waals surface area (Å²) in [5, 5.41) is 2.70. The molecule has 0 atom stereocenters. The van der Waals surface area contributed by atoms with Crippen molar-refractivity contribution in [3.63, 3.8) is 0 Å². The average Bonchev–Trinajstić information content (AvgIpc) is 2.42. The van der Waals surface area contributed by atoms with Crippen molar-refractivity contribution in [2.24, 2.45) is 5.84 Å². The van der Waals surface area contributed by atoms with E-state index >= 15 is 0 Å². The molecule has 20 heavy (non-hydrogen) atoms. The van der Waals surface area contributed by atoms with Crippen molar-refractivity contribution in [3.05, 3.63) is 52.4 Å². The van der Waals surface area contributed by atoms with E-state index in [-0.39, 0.29) is 22.4 Å². The Hall–Kier alpha value is -2.18. The van der Waals surface area contributed by atoms with E-state index < -0.39 is 5.91 Å². The van der Waals surface area contributed by atoms with Gasteiger partial charge >= 0.3 is 0 Å². The number of anilines is 2. The number of carbonyl (C=O) groups excluding carboxylic acids is 1. The molecule has 5 nitrogen and oxygen atoms in total. The second-order valence-corrected chi connectivity index (χ2v) is 4.51. The minimum atomic E-state index is -0.436. The number of nitrogen functional groups attached to an aromatic ring is 1. The fraction of sp³-hybridized carbons (Fsp3) is 0.0769. The quantitative estimate of drug-likeness (QED) is 0.462. The van der Waals surface area contributed by atoms with Crippen molar-refractivity contribution in [1.82, 2.24) is 4.98 Å². The van der Waals surface area contributed by atoms with Crippen LogP contribution in [0.2, 0.25) is 5.15 Å². The Kier molecular flexibility index (Phi) is 4.16. The lowest BCUT2D eigenvalue weighted by atomic mass is 10.2. The first-order valence-corrected chi connectivity index (χ1v) is 6.09. The molecule has 7 heteroatoms. The molecule has 0 unspecified atom stereocenters. The first-order chi connectivity index (χ1) is 9.49. The average molecular weight is 295 g/mol. The monoisotopic (exact) mass is 294 g/mol. The second-order valence-electron chi connectivity index (χ2n) is 4.13. The Bertz CT molecular complexity index is 663. The molecule has 2 rings (SSSR count). The number of pyridine rings is 1. The lowest BCUT2D eigenvalue weighted by Crippen LogP contribution is -2.14. The number of hydrazine groups is 1. The highest BCUT2D eigenvalue weighted by molar-refractivity contribution is 6.30. The Labute approximate surface area is 119 Å². The highest BCUT2D eigenvalue weighted by Crippen LogP contribution is 2.17. The van der Waals surface area contributed by atoms with Crippen LogP contribution in [0.15, 0.2) is 30.3 Å². The molecule has 0 aliphatic heterocycles. The summed E-state index contributed by atoms with van der Waals surface area (Å²) in [5.41, 5.74) is 3.43. The van der Waals surface area contributed by atoms with Gasteiger partial charge in [0.25, 0.3) is 5.91 Å². The standard InChI is InChI=1S/C13H12ClFN4O/c1-7-2-3-9(6-10(7)15)17-13(20)8-4-11(14)18-12(5-8)19-16/h2-6H,16H2,1H3,(H,17,20)(H,18,19). The van der Waals surface area contributed by atoms with Crippen molar-refractivity contribution >= 4 is 29.0 Å². The molecule has 0 radical (unpaired) electrons.